The van der Waals surface area contributed by atoms with Gasteiger partial charge in [0.2, 0.25) is 5.91 Å². The molecule has 2 aromatic rings. The van der Waals surface area contributed by atoms with E-state index in [0.29, 0.717) is 35.6 Å². The maximum atomic E-state index is 12.2. The van der Waals surface area contributed by atoms with Crippen molar-refractivity contribution in [2.75, 3.05) is 26.5 Å². The average molecular weight is 391 g/mol. The zero-order chi connectivity index (χ0) is 17.5. The Hall–Kier alpha value is -1.29. The highest BCUT2D eigenvalue weighted by molar-refractivity contribution is 7.99. The summed E-state index contributed by atoms with van der Waals surface area (Å²) >= 11 is 8.59. The zero-order valence-corrected chi connectivity index (χ0v) is 15.8. The summed E-state index contributed by atoms with van der Waals surface area (Å²) in [6, 6.07) is 3.72. The largest absolute Gasteiger partial charge is 0.385 e. The molecule has 0 bridgehead atoms. The lowest BCUT2D eigenvalue weighted by Crippen LogP contribution is -2.27. The van der Waals surface area contributed by atoms with Crippen LogP contribution in [0, 0.1) is 0 Å². The number of thioether (sulfide) groups is 1. The second-order valence-electron chi connectivity index (χ2n) is 5.05. The standard InChI is InChI=1S/C14H19ClN4O3S2/c1-18(8-10-4-5-11(15)24-10)12(20)9-23-14-17-16-13(21)19(14)6-3-7-22-2/h4-5H,3,6-9H2,1-2H3,(H,16,21). The van der Waals surface area contributed by atoms with Gasteiger partial charge in [0, 0.05) is 32.2 Å². The first-order chi connectivity index (χ1) is 11.5. The predicted molar refractivity (Wildman–Crippen MR) is 95.9 cm³/mol. The van der Waals surface area contributed by atoms with Crippen LogP contribution in [0.4, 0.5) is 0 Å². The molecule has 0 aliphatic carbocycles. The van der Waals surface area contributed by atoms with Crippen LogP contribution in [0.15, 0.2) is 22.1 Å². The van der Waals surface area contributed by atoms with Crippen LogP contribution in [0.3, 0.4) is 0 Å². The molecule has 1 amide bonds. The van der Waals surface area contributed by atoms with Crippen molar-refractivity contribution in [1.82, 2.24) is 19.7 Å². The Morgan fingerprint density at radius 2 is 2.33 bits per heavy atom. The molecule has 0 aromatic carbocycles. The van der Waals surface area contributed by atoms with E-state index in [-0.39, 0.29) is 17.3 Å². The summed E-state index contributed by atoms with van der Waals surface area (Å²) in [7, 11) is 3.36. The minimum absolute atomic E-state index is 0.0385. The van der Waals surface area contributed by atoms with E-state index >= 15 is 0 Å². The third-order valence-electron chi connectivity index (χ3n) is 3.23. The molecule has 2 aromatic heterocycles. The minimum Gasteiger partial charge on any atom is -0.385 e. The Labute approximate surface area is 152 Å². The van der Waals surface area contributed by atoms with Gasteiger partial charge < -0.3 is 9.64 Å². The number of aromatic amines is 1. The summed E-state index contributed by atoms with van der Waals surface area (Å²) in [4.78, 5) is 26.6. The third kappa shape index (κ3) is 5.37. The number of carbonyl (C=O) groups excluding carboxylic acids is 1. The van der Waals surface area contributed by atoms with Crippen molar-refractivity contribution in [3.63, 3.8) is 0 Å². The number of rotatable bonds is 9. The predicted octanol–water partition coefficient (Wildman–Crippen LogP) is 2.07. The lowest BCUT2D eigenvalue weighted by molar-refractivity contribution is -0.127. The van der Waals surface area contributed by atoms with Crippen molar-refractivity contribution in [2.24, 2.45) is 0 Å². The molecule has 0 unspecified atom stereocenters. The number of carbonyl (C=O) groups is 1. The number of ether oxygens (including phenoxy) is 1. The topological polar surface area (TPSA) is 80.2 Å². The molecular weight excluding hydrogens is 372 g/mol. The lowest BCUT2D eigenvalue weighted by Gasteiger charge is -2.15. The van der Waals surface area contributed by atoms with Crippen LogP contribution in [-0.4, -0.2) is 52.1 Å². The lowest BCUT2D eigenvalue weighted by atomic mass is 10.4. The molecule has 0 radical (unpaired) electrons. The van der Waals surface area contributed by atoms with Gasteiger partial charge in [-0.1, -0.05) is 23.4 Å². The summed E-state index contributed by atoms with van der Waals surface area (Å²) in [5, 5.41) is 6.90. The Bertz CT molecular complexity index is 728. The highest BCUT2D eigenvalue weighted by Gasteiger charge is 2.14. The normalized spacial score (nSPS) is 11.0. The molecule has 7 nitrogen and oxygen atoms in total. The van der Waals surface area contributed by atoms with Gasteiger partial charge in [-0.25, -0.2) is 9.89 Å². The van der Waals surface area contributed by atoms with Crippen molar-refractivity contribution in [2.45, 2.75) is 24.7 Å². The molecule has 0 spiro atoms. The molecule has 10 heteroatoms. The first kappa shape index (κ1) is 19.0. The van der Waals surface area contributed by atoms with Crippen LogP contribution >= 0.6 is 34.7 Å². The van der Waals surface area contributed by atoms with E-state index in [1.165, 1.54) is 27.7 Å². The summed E-state index contributed by atoms with van der Waals surface area (Å²) < 4.78 is 7.22. The van der Waals surface area contributed by atoms with E-state index in [1.54, 1.807) is 19.1 Å². The second kappa shape index (κ2) is 9.26. The first-order valence-corrected chi connectivity index (χ1v) is 9.44. The molecule has 0 atom stereocenters. The minimum atomic E-state index is -0.275. The van der Waals surface area contributed by atoms with Crippen LogP contribution in [-0.2, 0) is 22.6 Å². The number of hydrogen-bond donors (Lipinski definition) is 1. The van der Waals surface area contributed by atoms with E-state index in [0.717, 1.165) is 4.88 Å². The Kier molecular flexibility index (Phi) is 7.35. The van der Waals surface area contributed by atoms with E-state index in [2.05, 4.69) is 10.2 Å². The Morgan fingerprint density at radius 1 is 1.54 bits per heavy atom. The highest BCUT2D eigenvalue weighted by Crippen LogP contribution is 2.23. The number of amides is 1. The van der Waals surface area contributed by atoms with Gasteiger partial charge in [0.1, 0.15) is 0 Å². The summed E-state index contributed by atoms with van der Waals surface area (Å²) in [6.07, 6.45) is 0.705. The van der Waals surface area contributed by atoms with Crippen molar-refractivity contribution >= 4 is 40.6 Å². The van der Waals surface area contributed by atoms with E-state index in [1.807, 2.05) is 12.1 Å². The molecule has 2 heterocycles. The van der Waals surface area contributed by atoms with Crippen LogP contribution in [0.25, 0.3) is 0 Å². The zero-order valence-electron chi connectivity index (χ0n) is 13.5. The van der Waals surface area contributed by atoms with Gasteiger partial charge in [-0.3, -0.25) is 9.36 Å². The summed E-state index contributed by atoms with van der Waals surface area (Å²) in [6.45, 7) is 1.58. The van der Waals surface area contributed by atoms with Crippen LogP contribution in [0.5, 0.6) is 0 Å². The molecule has 1 N–H and O–H groups in total. The van der Waals surface area contributed by atoms with Crippen LogP contribution in [0.2, 0.25) is 4.34 Å². The number of methoxy groups -OCH3 is 1. The molecule has 0 fully saturated rings. The van der Waals surface area contributed by atoms with Crippen molar-refractivity contribution < 1.29 is 9.53 Å². The fourth-order valence-electron chi connectivity index (χ4n) is 1.97. The Balaban J connectivity index is 1.88. The Morgan fingerprint density at radius 3 is 3.00 bits per heavy atom. The van der Waals surface area contributed by atoms with E-state index in [4.69, 9.17) is 16.3 Å². The average Bonchev–Trinajstić information content (AvgIpc) is 3.11. The molecule has 2 rings (SSSR count). The maximum Gasteiger partial charge on any atom is 0.343 e. The number of nitrogens with one attached hydrogen (secondary N) is 1. The molecule has 0 saturated carbocycles. The summed E-state index contributed by atoms with van der Waals surface area (Å²) in [5.41, 5.74) is -0.275. The number of halogens is 1. The fraction of sp³-hybridized carbons (Fsp3) is 0.500. The quantitative estimate of drug-likeness (QED) is 0.523. The SMILES string of the molecule is COCCCn1c(SCC(=O)N(C)Cc2ccc(Cl)s2)n[nH]c1=O. The van der Waals surface area contributed by atoms with Crippen LogP contribution < -0.4 is 5.69 Å². The first-order valence-electron chi connectivity index (χ1n) is 7.26. The summed E-state index contributed by atoms with van der Waals surface area (Å²) in [5.74, 6) is 0.174. The van der Waals surface area contributed by atoms with Gasteiger partial charge in [0.15, 0.2) is 5.16 Å². The molecule has 0 aliphatic heterocycles. The molecular formula is C14H19ClN4O3S2. The molecule has 24 heavy (non-hydrogen) atoms. The second-order valence-corrected chi connectivity index (χ2v) is 7.80. The van der Waals surface area contributed by atoms with E-state index < -0.39 is 0 Å². The van der Waals surface area contributed by atoms with Gasteiger partial charge in [-0.2, -0.15) is 0 Å². The number of thiophene rings is 1. The van der Waals surface area contributed by atoms with Gasteiger partial charge in [-0.05, 0) is 18.6 Å². The van der Waals surface area contributed by atoms with Crippen molar-refractivity contribution in [3.05, 3.63) is 31.8 Å². The third-order valence-corrected chi connectivity index (χ3v) is 5.40. The van der Waals surface area contributed by atoms with Crippen LogP contribution in [0.1, 0.15) is 11.3 Å². The molecule has 0 saturated heterocycles. The van der Waals surface area contributed by atoms with Gasteiger partial charge in [0.25, 0.3) is 0 Å². The van der Waals surface area contributed by atoms with E-state index in [9.17, 15) is 9.59 Å². The molecule has 132 valence electrons. The molecule has 0 aliphatic rings. The number of aromatic nitrogens is 3. The van der Waals surface area contributed by atoms with Crippen molar-refractivity contribution in [3.8, 4) is 0 Å². The fourth-order valence-corrected chi connectivity index (χ4v) is 4.03. The van der Waals surface area contributed by atoms with Gasteiger partial charge >= 0.3 is 5.69 Å². The number of hydrogen-bond acceptors (Lipinski definition) is 6. The van der Waals surface area contributed by atoms with Gasteiger partial charge in [0.05, 0.1) is 16.6 Å². The highest BCUT2D eigenvalue weighted by atomic mass is 35.5. The van der Waals surface area contributed by atoms with Crippen molar-refractivity contribution in [1.29, 1.82) is 0 Å². The monoisotopic (exact) mass is 390 g/mol. The smallest absolute Gasteiger partial charge is 0.343 e. The number of H-pyrrole nitrogens is 1. The maximum absolute atomic E-state index is 12.2. The number of nitrogens with zero attached hydrogens (tertiary/aromatic N) is 3. The van der Waals surface area contributed by atoms with Gasteiger partial charge in [-0.15, -0.1) is 16.4 Å².